The summed E-state index contributed by atoms with van der Waals surface area (Å²) in [7, 11) is 0. The molecule has 0 saturated carbocycles. The van der Waals surface area contributed by atoms with Crippen molar-refractivity contribution in [2.75, 3.05) is 24.5 Å². The highest BCUT2D eigenvalue weighted by molar-refractivity contribution is 5.54. The highest BCUT2D eigenvalue weighted by atomic mass is 16.3. The zero-order valence-corrected chi connectivity index (χ0v) is 11.2. The number of anilines is 1. The van der Waals surface area contributed by atoms with Crippen LogP contribution in [0.5, 0.6) is 5.75 Å². The van der Waals surface area contributed by atoms with Crippen molar-refractivity contribution in [2.24, 2.45) is 0 Å². The van der Waals surface area contributed by atoms with Gasteiger partial charge in [0.25, 0.3) is 0 Å². The van der Waals surface area contributed by atoms with Crippen LogP contribution in [-0.4, -0.2) is 24.7 Å². The van der Waals surface area contributed by atoms with Gasteiger partial charge < -0.3 is 15.3 Å². The van der Waals surface area contributed by atoms with Crippen molar-refractivity contribution in [2.45, 2.75) is 26.3 Å². The van der Waals surface area contributed by atoms with Crippen molar-refractivity contribution < 1.29 is 5.11 Å². The molecule has 18 heavy (non-hydrogen) atoms. The summed E-state index contributed by atoms with van der Waals surface area (Å²) in [5.74, 6) is 0.385. The fraction of sp³-hybridized carbons (Fsp3) is 0.467. The molecule has 0 bridgehead atoms. The summed E-state index contributed by atoms with van der Waals surface area (Å²) in [6, 6.07) is 6.19. The molecular weight excluding hydrogens is 224 g/mol. The summed E-state index contributed by atoms with van der Waals surface area (Å²) in [6.07, 6.45) is 5.46. The van der Waals surface area contributed by atoms with E-state index < -0.39 is 0 Å². The molecule has 98 valence electrons. The van der Waals surface area contributed by atoms with Crippen LogP contribution in [-0.2, 0) is 0 Å². The molecule has 0 aromatic heterocycles. The van der Waals surface area contributed by atoms with E-state index in [0.29, 0.717) is 5.75 Å². The van der Waals surface area contributed by atoms with Crippen LogP contribution in [0.15, 0.2) is 30.4 Å². The Balaban J connectivity index is 2.16. The lowest BCUT2D eigenvalue weighted by Crippen LogP contribution is -2.26. The molecule has 0 saturated heterocycles. The van der Waals surface area contributed by atoms with Gasteiger partial charge in [-0.05, 0) is 26.0 Å². The van der Waals surface area contributed by atoms with Crippen LogP contribution in [0.4, 0.5) is 5.69 Å². The smallest absolute Gasteiger partial charge is 0.122 e. The molecule has 0 aliphatic carbocycles. The Morgan fingerprint density at radius 1 is 1.39 bits per heavy atom. The highest BCUT2D eigenvalue weighted by Gasteiger charge is 2.13. The van der Waals surface area contributed by atoms with Gasteiger partial charge in [-0.15, -0.1) is 0 Å². The van der Waals surface area contributed by atoms with E-state index in [-0.39, 0.29) is 6.04 Å². The van der Waals surface area contributed by atoms with Crippen LogP contribution in [0, 0.1) is 0 Å². The fourth-order valence-corrected chi connectivity index (χ4v) is 2.39. The lowest BCUT2D eigenvalue weighted by molar-refractivity contribution is 0.454. The summed E-state index contributed by atoms with van der Waals surface area (Å²) in [5.41, 5.74) is 2.07. The Morgan fingerprint density at radius 2 is 2.22 bits per heavy atom. The topological polar surface area (TPSA) is 35.5 Å². The van der Waals surface area contributed by atoms with E-state index in [4.69, 9.17) is 0 Å². The van der Waals surface area contributed by atoms with Gasteiger partial charge in [0.1, 0.15) is 5.75 Å². The van der Waals surface area contributed by atoms with E-state index in [1.165, 1.54) is 0 Å². The van der Waals surface area contributed by atoms with E-state index in [0.717, 1.165) is 37.3 Å². The predicted molar refractivity (Wildman–Crippen MR) is 76.2 cm³/mol. The molecule has 0 spiro atoms. The number of nitrogens with one attached hydrogen (secondary N) is 1. The molecule has 2 N–H and O–H groups in total. The van der Waals surface area contributed by atoms with Gasteiger partial charge in [0, 0.05) is 36.4 Å². The van der Waals surface area contributed by atoms with Crippen molar-refractivity contribution in [3.05, 3.63) is 35.9 Å². The fourth-order valence-electron chi connectivity index (χ4n) is 2.39. The van der Waals surface area contributed by atoms with Gasteiger partial charge in [-0.3, -0.25) is 0 Å². The predicted octanol–water partition coefficient (Wildman–Crippen LogP) is 2.83. The number of aromatic hydroxyl groups is 1. The molecule has 1 aliphatic heterocycles. The average Bonchev–Trinajstić information content (AvgIpc) is 2.40. The number of phenolic OH excluding ortho intramolecular Hbond substituents is 1. The van der Waals surface area contributed by atoms with Crippen molar-refractivity contribution in [3.8, 4) is 5.75 Å². The van der Waals surface area contributed by atoms with Gasteiger partial charge in [-0.1, -0.05) is 25.1 Å². The zero-order valence-electron chi connectivity index (χ0n) is 11.2. The van der Waals surface area contributed by atoms with Crippen LogP contribution < -0.4 is 10.2 Å². The Kier molecular flexibility index (Phi) is 4.26. The first-order valence-electron chi connectivity index (χ1n) is 6.68. The van der Waals surface area contributed by atoms with Gasteiger partial charge in [-0.2, -0.15) is 0 Å². The van der Waals surface area contributed by atoms with Gasteiger partial charge in [0.15, 0.2) is 0 Å². The van der Waals surface area contributed by atoms with E-state index in [9.17, 15) is 5.11 Å². The van der Waals surface area contributed by atoms with Crippen molar-refractivity contribution in [1.29, 1.82) is 0 Å². The normalized spacial score (nSPS) is 16.9. The third-order valence-corrected chi connectivity index (χ3v) is 3.41. The van der Waals surface area contributed by atoms with Gasteiger partial charge in [0.05, 0.1) is 0 Å². The summed E-state index contributed by atoms with van der Waals surface area (Å²) in [5, 5.41) is 13.5. The summed E-state index contributed by atoms with van der Waals surface area (Å²) in [6.45, 7) is 7.00. The molecule has 1 aromatic rings. The third-order valence-electron chi connectivity index (χ3n) is 3.41. The number of hydrogen-bond acceptors (Lipinski definition) is 3. The largest absolute Gasteiger partial charge is 0.508 e. The van der Waals surface area contributed by atoms with Crippen LogP contribution in [0.2, 0.25) is 0 Å². The molecule has 1 aliphatic rings. The zero-order chi connectivity index (χ0) is 13.0. The third kappa shape index (κ3) is 2.85. The second kappa shape index (κ2) is 5.91. The first kappa shape index (κ1) is 13.0. The number of nitrogens with zero attached hydrogens (tertiary/aromatic N) is 1. The Hall–Kier alpha value is -1.48. The van der Waals surface area contributed by atoms with Crippen molar-refractivity contribution >= 4 is 5.69 Å². The van der Waals surface area contributed by atoms with Gasteiger partial charge in [0.2, 0.25) is 0 Å². The Labute approximate surface area is 109 Å². The van der Waals surface area contributed by atoms with Crippen LogP contribution in [0.3, 0.4) is 0 Å². The van der Waals surface area contributed by atoms with E-state index in [2.05, 4.69) is 42.3 Å². The minimum Gasteiger partial charge on any atom is -0.508 e. The summed E-state index contributed by atoms with van der Waals surface area (Å²) in [4.78, 5) is 2.28. The molecule has 1 aromatic carbocycles. The molecule has 3 heteroatoms. The lowest BCUT2D eigenvalue weighted by atomic mass is 10.1. The monoisotopic (exact) mass is 246 g/mol. The summed E-state index contributed by atoms with van der Waals surface area (Å²) < 4.78 is 0. The second-order valence-electron chi connectivity index (χ2n) is 4.73. The SMILES string of the molecule is CCNC(C)c1ccc(N2CC=CCC2)cc1O. The number of rotatable bonds is 4. The first-order chi connectivity index (χ1) is 8.72. The molecule has 0 amide bonds. The maximum atomic E-state index is 10.1. The highest BCUT2D eigenvalue weighted by Crippen LogP contribution is 2.29. The van der Waals surface area contributed by atoms with E-state index in [1.807, 2.05) is 12.1 Å². The minimum absolute atomic E-state index is 0.185. The Bertz CT molecular complexity index is 429. The summed E-state index contributed by atoms with van der Waals surface area (Å²) >= 11 is 0. The van der Waals surface area contributed by atoms with Crippen molar-refractivity contribution in [3.63, 3.8) is 0 Å². The average molecular weight is 246 g/mol. The van der Waals surface area contributed by atoms with E-state index >= 15 is 0 Å². The molecule has 0 fully saturated rings. The molecule has 0 radical (unpaired) electrons. The van der Waals surface area contributed by atoms with Crippen molar-refractivity contribution in [1.82, 2.24) is 5.32 Å². The van der Waals surface area contributed by atoms with Crippen LogP contribution >= 0.6 is 0 Å². The van der Waals surface area contributed by atoms with Gasteiger partial charge >= 0.3 is 0 Å². The number of benzene rings is 1. The van der Waals surface area contributed by atoms with Crippen LogP contribution in [0.1, 0.15) is 31.9 Å². The minimum atomic E-state index is 0.185. The standard InChI is InChI=1S/C15H22N2O/c1-3-16-12(2)14-8-7-13(11-15(14)18)17-9-5-4-6-10-17/h4-5,7-8,11-12,16,18H,3,6,9-10H2,1-2H3. The van der Waals surface area contributed by atoms with Crippen LogP contribution in [0.25, 0.3) is 0 Å². The first-order valence-corrected chi connectivity index (χ1v) is 6.68. The quantitative estimate of drug-likeness (QED) is 0.802. The molecule has 2 rings (SSSR count). The maximum Gasteiger partial charge on any atom is 0.122 e. The molecule has 1 atom stereocenters. The molecule has 1 heterocycles. The second-order valence-corrected chi connectivity index (χ2v) is 4.73. The molecule has 3 nitrogen and oxygen atoms in total. The molecule has 1 unspecified atom stereocenters. The van der Waals surface area contributed by atoms with Gasteiger partial charge in [-0.25, -0.2) is 0 Å². The lowest BCUT2D eigenvalue weighted by Gasteiger charge is -2.26. The maximum absolute atomic E-state index is 10.1. The molecular formula is C15H22N2O. The Morgan fingerprint density at radius 3 is 2.83 bits per heavy atom. The number of hydrogen-bond donors (Lipinski definition) is 2. The number of phenols is 1. The van der Waals surface area contributed by atoms with E-state index in [1.54, 1.807) is 0 Å².